The van der Waals surface area contributed by atoms with Crippen molar-refractivity contribution in [2.24, 2.45) is 0 Å². The van der Waals surface area contributed by atoms with E-state index >= 15 is 0 Å². The van der Waals surface area contributed by atoms with E-state index in [1.54, 1.807) is 41.5 Å². The molecule has 18 heteroatoms. The molecule has 0 aliphatic rings. The molecule has 0 bridgehead atoms. The molecule has 0 aliphatic heterocycles. The Balaban J connectivity index is 0.000000375. The van der Waals surface area contributed by atoms with Crippen molar-refractivity contribution >= 4 is 83.8 Å². The van der Waals surface area contributed by atoms with Gasteiger partial charge in [0.2, 0.25) is 20.0 Å². The van der Waals surface area contributed by atoms with Gasteiger partial charge in [-0.2, -0.15) is 0 Å². The molecule has 2 heterocycles. The van der Waals surface area contributed by atoms with Crippen molar-refractivity contribution in [3.63, 3.8) is 0 Å². The summed E-state index contributed by atoms with van der Waals surface area (Å²) < 4.78 is 52.7. The van der Waals surface area contributed by atoms with Gasteiger partial charge in [0.25, 0.3) is 0 Å². The number of carboxylic acids is 3. The molecule has 2 rings (SSSR count). The van der Waals surface area contributed by atoms with Gasteiger partial charge < -0.3 is 15.3 Å². The molecular formula is C19H24Cl2N2O10S4. The van der Waals surface area contributed by atoms with Crippen LogP contribution >= 0.6 is 45.9 Å². The number of aromatic carboxylic acids is 3. The third-order valence-corrected chi connectivity index (χ3v) is 10.0. The molecule has 0 fully saturated rings. The summed E-state index contributed by atoms with van der Waals surface area (Å²) in [5.74, 6) is -4.47. The Kier molecular flexibility index (Phi) is 10.4. The van der Waals surface area contributed by atoms with Crippen molar-refractivity contribution in [1.29, 1.82) is 0 Å². The van der Waals surface area contributed by atoms with Gasteiger partial charge >= 0.3 is 17.9 Å². The molecule has 0 saturated heterocycles. The van der Waals surface area contributed by atoms with Crippen molar-refractivity contribution in [2.45, 2.75) is 62.4 Å². The summed E-state index contributed by atoms with van der Waals surface area (Å²) in [6, 6.07) is 1.14. The summed E-state index contributed by atoms with van der Waals surface area (Å²) >= 11 is 12.4. The second-order valence-electron chi connectivity index (χ2n) is 9.28. The Morgan fingerprint density at radius 2 is 1.19 bits per heavy atom. The number of thiophene rings is 2. The van der Waals surface area contributed by atoms with Crippen LogP contribution in [0.2, 0.25) is 8.67 Å². The zero-order valence-electron chi connectivity index (χ0n) is 20.2. The number of hydrogen-bond acceptors (Lipinski definition) is 9. The van der Waals surface area contributed by atoms with Crippen LogP contribution in [0.3, 0.4) is 0 Å². The lowest BCUT2D eigenvalue weighted by molar-refractivity contribution is 0.0681. The highest BCUT2D eigenvalue weighted by Gasteiger charge is 2.36. The fourth-order valence-corrected chi connectivity index (χ4v) is 9.08. The van der Waals surface area contributed by atoms with Crippen LogP contribution in [0.1, 0.15) is 71.2 Å². The van der Waals surface area contributed by atoms with E-state index in [2.05, 4.69) is 9.44 Å². The van der Waals surface area contributed by atoms with E-state index in [-0.39, 0.29) is 14.1 Å². The highest BCUT2D eigenvalue weighted by molar-refractivity contribution is 7.90. The molecule has 0 spiro atoms. The number of rotatable bonds is 7. The van der Waals surface area contributed by atoms with Crippen LogP contribution in [0.25, 0.3) is 0 Å². The lowest BCUT2D eigenvalue weighted by Gasteiger charge is -2.20. The average molecular weight is 640 g/mol. The second-order valence-corrected chi connectivity index (χ2v) is 15.9. The predicted molar refractivity (Wildman–Crippen MR) is 140 cm³/mol. The first-order valence-electron chi connectivity index (χ1n) is 9.79. The molecule has 0 aliphatic carbocycles. The van der Waals surface area contributed by atoms with Crippen LogP contribution in [0, 0.1) is 0 Å². The SMILES string of the molecule is CC(C)(C)NS(=O)(=O)c1c(C(=O)O)sc(Cl)c1C(=O)O.CC(C)(C)NS(=O)(=O)c1cc(Cl)sc1C(=O)O. The number of sulfonamides is 2. The van der Waals surface area contributed by atoms with E-state index in [0.29, 0.717) is 11.3 Å². The Morgan fingerprint density at radius 3 is 1.57 bits per heavy atom. The summed E-state index contributed by atoms with van der Waals surface area (Å²) in [7, 11) is -8.21. The quantitative estimate of drug-likeness (QED) is 0.294. The molecule has 2 aromatic heterocycles. The minimum atomic E-state index is -4.33. The summed E-state index contributed by atoms with van der Waals surface area (Å²) in [4.78, 5) is 31.1. The van der Waals surface area contributed by atoms with Gasteiger partial charge in [-0.1, -0.05) is 23.2 Å². The van der Waals surface area contributed by atoms with Crippen molar-refractivity contribution in [3.8, 4) is 0 Å². The summed E-state index contributed by atoms with van der Waals surface area (Å²) in [6.07, 6.45) is 0. The maximum absolute atomic E-state index is 12.2. The van der Waals surface area contributed by atoms with Crippen LogP contribution in [0.5, 0.6) is 0 Å². The second kappa shape index (κ2) is 11.5. The van der Waals surface area contributed by atoms with E-state index in [1.165, 1.54) is 0 Å². The molecule has 208 valence electrons. The van der Waals surface area contributed by atoms with Gasteiger partial charge in [0.15, 0.2) is 0 Å². The molecule has 0 unspecified atom stereocenters. The molecule has 12 nitrogen and oxygen atoms in total. The third-order valence-electron chi connectivity index (χ3n) is 3.53. The number of carbonyl (C=O) groups is 3. The van der Waals surface area contributed by atoms with E-state index in [1.807, 2.05) is 0 Å². The van der Waals surface area contributed by atoms with Gasteiger partial charge in [-0.15, -0.1) is 22.7 Å². The topological polar surface area (TPSA) is 204 Å². The first kappa shape index (κ1) is 33.2. The molecule has 0 aromatic carbocycles. The highest BCUT2D eigenvalue weighted by Crippen LogP contribution is 2.36. The van der Waals surface area contributed by atoms with E-state index in [0.717, 1.165) is 17.4 Å². The first-order chi connectivity index (χ1) is 16.4. The fourth-order valence-electron chi connectivity index (χ4n) is 2.57. The summed E-state index contributed by atoms with van der Waals surface area (Å²) in [6.45, 7) is 9.62. The van der Waals surface area contributed by atoms with Crippen LogP contribution < -0.4 is 9.44 Å². The van der Waals surface area contributed by atoms with Crippen molar-refractivity contribution in [1.82, 2.24) is 9.44 Å². The molecule has 37 heavy (non-hydrogen) atoms. The molecule has 5 N–H and O–H groups in total. The van der Waals surface area contributed by atoms with Crippen molar-refractivity contribution in [3.05, 3.63) is 30.1 Å². The monoisotopic (exact) mass is 638 g/mol. The van der Waals surface area contributed by atoms with E-state index < -0.39 is 68.7 Å². The van der Waals surface area contributed by atoms with Gasteiger partial charge in [-0.05, 0) is 47.6 Å². The standard InChI is InChI=1S/C10H12ClNO6S2.C9H12ClNO4S2/c1-10(2,3)12-20(17,18)6-4(8(13)14)7(11)19-5(6)9(15)16;1-9(2,3)11-17(14,15)5-4-6(10)16-7(5)8(12)13/h12H,1-3H3,(H,13,14)(H,15,16);4,11H,1-3H3,(H,12,13). The lowest BCUT2D eigenvalue weighted by atomic mass is 10.1. The smallest absolute Gasteiger partial charge is 0.347 e. The average Bonchev–Trinajstić information content (AvgIpc) is 3.19. The number of hydrogen-bond donors (Lipinski definition) is 5. The van der Waals surface area contributed by atoms with Gasteiger partial charge in [-0.25, -0.2) is 40.7 Å². The summed E-state index contributed by atoms with van der Waals surface area (Å²) in [5, 5.41) is 27.0. The van der Waals surface area contributed by atoms with E-state index in [4.69, 9.17) is 38.5 Å². The molecular weight excluding hydrogens is 615 g/mol. The van der Waals surface area contributed by atoms with Crippen LogP contribution in [0.4, 0.5) is 0 Å². The first-order valence-corrected chi connectivity index (χ1v) is 15.1. The van der Waals surface area contributed by atoms with Crippen molar-refractivity contribution < 1.29 is 46.5 Å². The minimum absolute atomic E-state index is 0.122. The van der Waals surface area contributed by atoms with Crippen LogP contribution in [-0.2, 0) is 20.0 Å². The van der Waals surface area contributed by atoms with E-state index in [9.17, 15) is 31.2 Å². The molecule has 0 amide bonds. The maximum atomic E-state index is 12.2. The normalized spacial score (nSPS) is 12.5. The Morgan fingerprint density at radius 1 is 0.757 bits per heavy atom. The maximum Gasteiger partial charge on any atom is 0.347 e. The zero-order valence-corrected chi connectivity index (χ0v) is 24.9. The Bertz CT molecular complexity index is 1430. The number of carboxylic acid groups (broad SMARTS) is 3. The van der Waals surface area contributed by atoms with Gasteiger partial charge in [-0.3, -0.25) is 0 Å². The summed E-state index contributed by atoms with van der Waals surface area (Å²) in [5.41, 5.74) is -2.33. The zero-order chi connectivity index (χ0) is 29.3. The largest absolute Gasteiger partial charge is 0.478 e. The molecule has 0 radical (unpaired) electrons. The molecule has 0 atom stereocenters. The lowest BCUT2D eigenvalue weighted by Crippen LogP contribution is -2.41. The van der Waals surface area contributed by atoms with Crippen LogP contribution in [0.15, 0.2) is 15.9 Å². The molecule has 0 saturated carbocycles. The fraction of sp³-hybridized carbons (Fsp3) is 0.421. The van der Waals surface area contributed by atoms with Crippen molar-refractivity contribution in [2.75, 3.05) is 0 Å². The third kappa shape index (κ3) is 9.17. The number of halogens is 2. The predicted octanol–water partition coefficient (Wildman–Crippen LogP) is 4.05. The minimum Gasteiger partial charge on any atom is -0.478 e. The van der Waals surface area contributed by atoms with Gasteiger partial charge in [0.1, 0.15) is 29.4 Å². The highest BCUT2D eigenvalue weighted by atomic mass is 35.5. The van der Waals surface area contributed by atoms with Gasteiger partial charge in [0.05, 0.1) is 4.34 Å². The Hall–Kier alpha value is -1.79. The van der Waals surface area contributed by atoms with Crippen LogP contribution in [-0.4, -0.2) is 61.1 Å². The molecule has 2 aromatic rings. The van der Waals surface area contributed by atoms with Gasteiger partial charge in [0, 0.05) is 11.1 Å². The number of nitrogens with one attached hydrogen (secondary N) is 2. The Labute approximate surface area is 231 Å².